The Bertz CT molecular complexity index is 1930. The molecule has 9 heteroatoms. The number of amides is 3. The molecule has 0 aliphatic carbocycles. The van der Waals surface area contributed by atoms with Crippen molar-refractivity contribution in [3.05, 3.63) is 108 Å². The van der Waals surface area contributed by atoms with Crippen LogP contribution in [0.15, 0.2) is 85.1 Å². The number of urea groups is 1. The van der Waals surface area contributed by atoms with Crippen molar-refractivity contribution in [2.75, 3.05) is 10.6 Å². The zero-order chi connectivity index (χ0) is 32.7. The summed E-state index contributed by atoms with van der Waals surface area (Å²) < 4.78 is 1.79. The van der Waals surface area contributed by atoms with Gasteiger partial charge >= 0.3 is 6.03 Å². The van der Waals surface area contributed by atoms with Crippen molar-refractivity contribution in [2.24, 2.45) is 5.92 Å². The summed E-state index contributed by atoms with van der Waals surface area (Å²) in [5.74, 6) is 1.06. The van der Waals surface area contributed by atoms with Crippen LogP contribution in [0.3, 0.4) is 0 Å². The van der Waals surface area contributed by atoms with E-state index in [1.165, 1.54) is 5.56 Å². The number of para-hydroxylation sites is 2. The highest BCUT2D eigenvalue weighted by atomic mass is 16.2. The van der Waals surface area contributed by atoms with E-state index in [4.69, 9.17) is 5.10 Å². The Morgan fingerprint density at radius 2 is 1.60 bits per heavy atom. The predicted octanol–water partition coefficient (Wildman–Crippen LogP) is 7.69. The molecular weight excluding hydrogens is 586 g/mol. The number of hydrogen-bond acceptors (Lipinski definition) is 5. The Morgan fingerprint density at radius 3 is 2.32 bits per heavy atom. The number of anilines is 2. The summed E-state index contributed by atoms with van der Waals surface area (Å²) in [5.41, 5.74) is 6.63. The molecule has 2 N–H and O–H groups in total. The molecule has 2 saturated heterocycles. The van der Waals surface area contributed by atoms with Crippen LogP contribution in [0.2, 0.25) is 0 Å². The first-order valence-electron chi connectivity index (χ1n) is 16.5. The molecule has 2 atom stereocenters. The van der Waals surface area contributed by atoms with Gasteiger partial charge in [-0.25, -0.2) is 14.5 Å². The molecule has 2 unspecified atom stereocenters. The Labute approximate surface area is 275 Å². The zero-order valence-electron chi connectivity index (χ0n) is 27.4. The van der Waals surface area contributed by atoms with E-state index in [9.17, 15) is 9.59 Å². The van der Waals surface area contributed by atoms with E-state index in [1.54, 1.807) is 10.9 Å². The molecular formula is C38H41N7O2. The minimum absolute atomic E-state index is 0.00949. The van der Waals surface area contributed by atoms with Gasteiger partial charge in [-0.2, -0.15) is 5.10 Å². The van der Waals surface area contributed by atoms with Gasteiger partial charge in [0.15, 0.2) is 0 Å². The summed E-state index contributed by atoms with van der Waals surface area (Å²) in [6.07, 6.45) is 6.47. The maximum Gasteiger partial charge on any atom is 0.324 e. The quantitative estimate of drug-likeness (QED) is 0.201. The van der Waals surface area contributed by atoms with Crippen molar-refractivity contribution in [3.63, 3.8) is 0 Å². The second kappa shape index (κ2) is 12.3. The lowest BCUT2D eigenvalue weighted by molar-refractivity contribution is 0.0518. The lowest BCUT2D eigenvalue weighted by Gasteiger charge is -2.39. The fourth-order valence-electron chi connectivity index (χ4n) is 7.09. The second-order valence-corrected chi connectivity index (χ2v) is 14.1. The van der Waals surface area contributed by atoms with Crippen molar-refractivity contribution < 1.29 is 9.59 Å². The van der Waals surface area contributed by atoms with Crippen molar-refractivity contribution in [1.82, 2.24) is 24.6 Å². The lowest BCUT2D eigenvalue weighted by Crippen LogP contribution is -2.47. The van der Waals surface area contributed by atoms with Crippen molar-refractivity contribution >= 4 is 34.5 Å². The second-order valence-electron chi connectivity index (χ2n) is 14.1. The van der Waals surface area contributed by atoms with E-state index in [0.29, 0.717) is 17.4 Å². The Balaban J connectivity index is 1.00. The molecule has 0 spiro atoms. The normalized spacial score (nSPS) is 19.1. The first kappa shape index (κ1) is 30.6. The molecule has 9 nitrogen and oxygen atoms in total. The van der Waals surface area contributed by atoms with Crippen molar-refractivity contribution in [1.29, 1.82) is 0 Å². The fraction of sp³-hybridized carbons (Fsp3) is 0.342. The molecule has 2 aliphatic heterocycles. The van der Waals surface area contributed by atoms with E-state index in [0.717, 1.165) is 65.8 Å². The number of piperidine rings is 1. The van der Waals surface area contributed by atoms with Gasteiger partial charge in [0.05, 0.1) is 28.6 Å². The zero-order valence-corrected chi connectivity index (χ0v) is 27.4. The lowest BCUT2D eigenvalue weighted by atomic mass is 9.85. The van der Waals surface area contributed by atoms with Crippen molar-refractivity contribution in [3.8, 4) is 5.69 Å². The van der Waals surface area contributed by atoms with Crippen LogP contribution >= 0.6 is 0 Å². The molecule has 3 amide bonds. The number of nitrogens with zero attached hydrogens (tertiary/aromatic N) is 5. The Morgan fingerprint density at radius 1 is 0.872 bits per heavy atom. The number of rotatable bonds is 6. The number of aryl methyl sites for hydroxylation is 1. The van der Waals surface area contributed by atoms with Crippen LogP contribution in [0.1, 0.15) is 73.8 Å². The highest BCUT2D eigenvalue weighted by molar-refractivity contribution is 5.99. The Hall–Kier alpha value is -5.05. The Kier molecular flexibility index (Phi) is 7.99. The summed E-state index contributed by atoms with van der Waals surface area (Å²) in [5, 5.41) is 10.9. The summed E-state index contributed by atoms with van der Waals surface area (Å²) in [7, 11) is 0. The van der Waals surface area contributed by atoms with Crippen LogP contribution in [-0.4, -0.2) is 48.7 Å². The van der Waals surface area contributed by atoms with Gasteiger partial charge in [-0.1, -0.05) is 62.7 Å². The average Bonchev–Trinajstić information content (AvgIpc) is 3.59. The fourth-order valence-corrected chi connectivity index (χ4v) is 7.09. The molecule has 3 aromatic carbocycles. The number of nitrogens with one attached hydrogen (secondary N) is 2. The number of aromatic nitrogens is 4. The summed E-state index contributed by atoms with van der Waals surface area (Å²) in [6.45, 7) is 8.37. The maximum atomic E-state index is 13.6. The van der Waals surface area contributed by atoms with Crippen LogP contribution in [0, 0.1) is 12.8 Å². The monoisotopic (exact) mass is 627 g/mol. The molecule has 240 valence electrons. The van der Waals surface area contributed by atoms with Crippen LogP contribution in [0.25, 0.3) is 16.7 Å². The van der Waals surface area contributed by atoms with E-state index < -0.39 is 0 Å². The molecule has 2 bridgehead atoms. The maximum absolute atomic E-state index is 13.6. The molecule has 0 saturated carbocycles. The number of hydrogen-bond donors (Lipinski definition) is 2. The van der Waals surface area contributed by atoms with E-state index in [1.807, 2.05) is 73.7 Å². The third-order valence-corrected chi connectivity index (χ3v) is 9.44. The third-order valence-electron chi connectivity index (χ3n) is 9.44. The van der Waals surface area contributed by atoms with Gasteiger partial charge in [-0.15, -0.1) is 0 Å². The molecule has 2 aromatic heterocycles. The number of benzene rings is 3. The van der Waals surface area contributed by atoms with Gasteiger partial charge in [0.1, 0.15) is 11.5 Å². The number of carbonyl (C=O) groups is 2. The predicted molar refractivity (Wildman–Crippen MR) is 185 cm³/mol. The molecule has 0 radical (unpaired) electrons. The summed E-state index contributed by atoms with van der Waals surface area (Å²) in [6, 6.07) is 25.9. The van der Waals surface area contributed by atoms with Gasteiger partial charge < -0.3 is 10.2 Å². The van der Waals surface area contributed by atoms with Crippen LogP contribution in [0.5, 0.6) is 0 Å². The minimum Gasteiger partial charge on any atom is -0.331 e. The molecule has 7 rings (SSSR count). The van der Waals surface area contributed by atoms with Gasteiger partial charge in [0.25, 0.3) is 5.91 Å². The minimum atomic E-state index is -0.322. The molecule has 2 aliphatic rings. The van der Waals surface area contributed by atoms with Gasteiger partial charge in [0.2, 0.25) is 0 Å². The topological polar surface area (TPSA) is 105 Å². The smallest absolute Gasteiger partial charge is 0.324 e. The summed E-state index contributed by atoms with van der Waals surface area (Å²) in [4.78, 5) is 38.0. The van der Waals surface area contributed by atoms with Crippen LogP contribution in [-0.2, 0) is 11.8 Å². The summed E-state index contributed by atoms with van der Waals surface area (Å²) >= 11 is 0. The highest BCUT2D eigenvalue weighted by Crippen LogP contribution is 2.41. The SMILES string of the molecule is Cc1ccc(-n2nc(C(C)(C)C)cc2NC(=O)Nc2cccc(CC3CC4CCC(C3)N4C(=O)c3cnc4ccccc4n3)c2)cc1. The first-order chi connectivity index (χ1) is 22.6. The standard InChI is InChI=1S/C38H41N7O2/c1-24-12-14-28(15-13-24)45-35(22-34(43-45)38(2,3)4)42-37(47)40-27-9-7-8-25(19-27)18-26-20-29-16-17-30(21-26)44(29)36(46)33-23-39-31-10-5-6-11-32(31)41-33/h5-15,19,22-23,26,29-30H,16-18,20-21H2,1-4H3,(H2,40,42,47). The van der Waals surface area contributed by atoms with Crippen molar-refractivity contribution in [2.45, 2.75) is 77.3 Å². The average molecular weight is 628 g/mol. The van der Waals surface area contributed by atoms with E-state index >= 15 is 0 Å². The van der Waals surface area contributed by atoms with Crippen LogP contribution < -0.4 is 10.6 Å². The van der Waals surface area contributed by atoms with Gasteiger partial charge in [-0.05, 0) is 86.9 Å². The largest absolute Gasteiger partial charge is 0.331 e. The molecule has 4 heterocycles. The number of carbonyl (C=O) groups excluding carboxylic acids is 2. The number of fused-ring (bicyclic) bond motifs is 3. The molecule has 47 heavy (non-hydrogen) atoms. The molecule has 2 fully saturated rings. The third kappa shape index (κ3) is 6.48. The van der Waals surface area contributed by atoms with Gasteiger partial charge in [-0.3, -0.25) is 15.1 Å². The van der Waals surface area contributed by atoms with E-state index in [2.05, 4.69) is 58.4 Å². The first-order valence-corrected chi connectivity index (χ1v) is 16.5. The highest BCUT2D eigenvalue weighted by Gasteiger charge is 2.43. The molecule has 5 aromatic rings. The van der Waals surface area contributed by atoms with Crippen LogP contribution in [0.4, 0.5) is 16.3 Å². The van der Waals surface area contributed by atoms with Gasteiger partial charge in [0, 0.05) is 29.3 Å². The van der Waals surface area contributed by atoms with E-state index in [-0.39, 0.29) is 29.4 Å².